The average Bonchev–Trinajstić information content (AvgIpc) is 3.00. The van der Waals surface area contributed by atoms with E-state index in [1.54, 1.807) is 16.0 Å². The second kappa shape index (κ2) is 4.29. The zero-order valence-electron chi connectivity index (χ0n) is 13.2. The fourth-order valence-corrected chi connectivity index (χ4v) is 4.54. The maximum absolute atomic E-state index is 4.80. The van der Waals surface area contributed by atoms with Gasteiger partial charge in [-0.1, -0.05) is 19.9 Å². The SMILES string of the molecule is Cc1nc(C2(c3cccs3)CC2(C)C)n(-c2cnn(C)c2)n1. The Morgan fingerprint density at radius 1 is 1.32 bits per heavy atom. The molecule has 1 aliphatic rings. The number of thiophene rings is 1. The van der Waals surface area contributed by atoms with Gasteiger partial charge in [-0.25, -0.2) is 9.67 Å². The van der Waals surface area contributed by atoms with Crippen molar-refractivity contribution in [3.8, 4) is 5.69 Å². The van der Waals surface area contributed by atoms with Crippen molar-refractivity contribution < 1.29 is 0 Å². The largest absolute Gasteiger partial charge is 0.274 e. The summed E-state index contributed by atoms with van der Waals surface area (Å²) < 4.78 is 3.77. The predicted molar refractivity (Wildman–Crippen MR) is 86.4 cm³/mol. The number of hydrogen-bond donors (Lipinski definition) is 0. The van der Waals surface area contributed by atoms with E-state index in [2.05, 4.69) is 41.6 Å². The van der Waals surface area contributed by atoms with E-state index < -0.39 is 0 Å². The van der Waals surface area contributed by atoms with Gasteiger partial charge in [-0.05, 0) is 30.2 Å². The van der Waals surface area contributed by atoms with Gasteiger partial charge in [-0.3, -0.25) is 4.68 Å². The van der Waals surface area contributed by atoms with Gasteiger partial charge in [0.1, 0.15) is 17.3 Å². The molecule has 114 valence electrons. The van der Waals surface area contributed by atoms with Crippen molar-refractivity contribution >= 4 is 11.3 Å². The molecular weight excluding hydrogens is 294 g/mol. The lowest BCUT2D eigenvalue weighted by Crippen LogP contribution is -2.20. The van der Waals surface area contributed by atoms with E-state index >= 15 is 0 Å². The predicted octanol–water partition coefficient (Wildman–Crippen LogP) is 3.09. The molecule has 1 saturated carbocycles. The molecule has 0 aromatic carbocycles. The Hall–Kier alpha value is -1.95. The van der Waals surface area contributed by atoms with Crippen LogP contribution in [-0.2, 0) is 12.5 Å². The van der Waals surface area contributed by atoms with Crippen molar-refractivity contribution in [1.82, 2.24) is 24.5 Å². The van der Waals surface area contributed by atoms with Crippen molar-refractivity contribution in [2.75, 3.05) is 0 Å². The van der Waals surface area contributed by atoms with Crippen LogP contribution in [0.25, 0.3) is 5.69 Å². The van der Waals surface area contributed by atoms with Crippen molar-refractivity contribution in [1.29, 1.82) is 0 Å². The highest BCUT2D eigenvalue weighted by Crippen LogP contribution is 2.68. The van der Waals surface area contributed by atoms with E-state index in [9.17, 15) is 0 Å². The molecule has 1 unspecified atom stereocenters. The molecule has 5 nitrogen and oxygen atoms in total. The summed E-state index contributed by atoms with van der Waals surface area (Å²) in [6, 6.07) is 4.34. The summed E-state index contributed by atoms with van der Waals surface area (Å²) in [4.78, 5) is 6.17. The Bertz CT molecular complexity index is 827. The third kappa shape index (κ3) is 1.73. The second-order valence-electron chi connectivity index (χ2n) is 6.71. The highest BCUT2D eigenvalue weighted by atomic mass is 32.1. The van der Waals surface area contributed by atoms with Crippen LogP contribution in [0.2, 0.25) is 0 Å². The molecule has 0 saturated heterocycles. The van der Waals surface area contributed by atoms with Gasteiger partial charge in [-0.2, -0.15) is 10.2 Å². The lowest BCUT2D eigenvalue weighted by molar-refractivity contribution is 0.527. The molecule has 3 heterocycles. The van der Waals surface area contributed by atoms with Crippen LogP contribution in [0.15, 0.2) is 29.9 Å². The summed E-state index contributed by atoms with van der Waals surface area (Å²) in [5.74, 6) is 1.84. The third-order valence-corrected chi connectivity index (χ3v) is 5.74. The van der Waals surface area contributed by atoms with Crippen molar-refractivity contribution in [2.45, 2.75) is 32.6 Å². The van der Waals surface area contributed by atoms with E-state index in [-0.39, 0.29) is 10.8 Å². The van der Waals surface area contributed by atoms with E-state index in [0.29, 0.717) is 0 Å². The molecule has 1 aliphatic carbocycles. The number of nitrogens with zero attached hydrogens (tertiary/aromatic N) is 5. The Labute approximate surface area is 133 Å². The normalized spacial score (nSPS) is 22.9. The summed E-state index contributed by atoms with van der Waals surface area (Å²) in [6.45, 7) is 6.57. The van der Waals surface area contributed by atoms with E-state index in [0.717, 1.165) is 23.8 Å². The smallest absolute Gasteiger partial charge is 0.148 e. The van der Waals surface area contributed by atoms with Gasteiger partial charge >= 0.3 is 0 Å². The standard InChI is InChI=1S/C16H19N5S/c1-11-18-14(21(19-11)12-8-17-20(4)9-12)16(10-15(16,2)3)13-6-5-7-22-13/h5-9H,10H2,1-4H3. The molecule has 1 atom stereocenters. The Kier molecular flexibility index (Phi) is 2.67. The molecule has 3 aromatic rings. The van der Waals surface area contributed by atoms with Crippen molar-refractivity contribution in [3.05, 3.63) is 46.4 Å². The first-order valence-corrected chi connectivity index (χ1v) is 8.29. The summed E-state index contributed by atoms with van der Waals surface area (Å²) in [6.07, 6.45) is 4.92. The maximum Gasteiger partial charge on any atom is 0.148 e. The van der Waals surface area contributed by atoms with Gasteiger partial charge in [0.05, 0.1) is 17.8 Å². The second-order valence-corrected chi connectivity index (χ2v) is 7.66. The minimum atomic E-state index is -0.0434. The quantitative estimate of drug-likeness (QED) is 0.746. The average molecular weight is 313 g/mol. The molecule has 4 rings (SSSR count). The Balaban J connectivity index is 1.93. The Morgan fingerprint density at radius 3 is 2.64 bits per heavy atom. The molecule has 0 amide bonds. The van der Waals surface area contributed by atoms with Crippen molar-refractivity contribution in [3.63, 3.8) is 0 Å². The van der Waals surface area contributed by atoms with Crippen LogP contribution in [0.5, 0.6) is 0 Å². The van der Waals surface area contributed by atoms with E-state index in [1.807, 2.05) is 31.0 Å². The molecule has 0 N–H and O–H groups in total. The molecular formula is C16H19N5S. The Morgan fingerprint density at radius 2 is 2.09 bits per heavy atom. The number of aromatic nitrogens is 5. The summed E-state index contributed by atoms with van der Waals surface area (Å²) >= 11 is 1.81. The van der Waals surface area contributed by atoms with Crippen LogP contribution in [-0.4, -0.2) is 24.5 Å². The highest BCUT2D eigenvalue weighted by molar-refractivity contribution is 7.10. The maximum atomic E-state index is 4.80. The zero-order valence-corrected chi connectivity index (χ0v) is 14.1. The molecule has 0 radical (unpaired) electrons. The third-order valence-electron chi connectivity index (χ3n) is 4.71. The number of rotatable bonds is 3. The first-order valence-electron chi connectivity index (χ1n) is 7.41. The molecule has 0 spiro atoms. The first-order chi connectivity index (χ1) is 10.4. The van der Waals surface area contributed by atoms with Gasteiger partial charge in [0.25, 0.3) is 0 Å². The summed E-state index contributed by atoms with van der Waals surface area (Å²) in [7, 11) is 1.92. The van der Waals surface area contributed by atoms with Crippen LogP contribution in [0.1, 0.15) is 36.8 Å². The van der Waals surface area contributed by atoms with Crippen molar-refractivity contribution in [2.24, 2.45) is 12.5 Å². The minimum absolute atomic E-state index is 0.0434. The van der Waals surface area contributed by atoms with E-state index in [1.165, 1.54) is 4.88 Å². The molecule has 1 fully saturated rings. The molecule has 0 aliphatic heterocycles. The van der Waals surface area contributed by atoms with Crippen LogP contribution in [0, 0.1) is 12.3 Å². The van der Waals surface area contributed by atoms with E-state index in [4.69, 9.17) is 4.98 Å². The summed E-state index contributed by atoms with van der Waals surface area (Å²) in [5.41, 5.74) is 1.12. The lowest BCUT2D eigenvalue weighted by Gasteiger charge is -2.19. The molecule has 0 bridgehead atoms. The lowest BCUT2D eigenvalue weighted by atomic mass is 9.93. The molecule has 22 heavy (non-hydrogen) atoms. The molecule has 3 aromatic heterocycles. The highest BCUT2D eigenvalue weighted by Gasteiger charge is 2.66. The minimum Gasteiger partial charge on any atom is -0.274 e. The van der Waals surface area contributed by atoms with Crippen LogP contribution in [0.4, 0.5) is 0 Å². The van der Waals surface area contributed by atoms with Gasteiger partial charge in [0.15, 0.2) is 0 Å². The first kappa shape index (κ1) is 13.7. The van der Waals surface area contributed by atoms with Crippen LogP contribution in [0.3, 0.4) is 0 Å². The van der Waals surface area contributed by atoms with Gasteiger partial charge in [0, 0.05) is 11.9 Å². The van der Waals surface area contributed by atoms with Crippen LogP contribution >= 0.6 is 11.3 Å². The number of aryl methyl sites for hydroxylation is 2. The monoisotopic (exact) mass is 313 g/mol. The fourth-order valence-electron chi connectivity index (χ4n) is 3.44. The van der Waals surface area contributed by atoms with Gasteiger partial charge < -0.3 is 0 Å². The van der Waals surface area contributed by atoms with Gasteiger partial charge in [-0.15, -0.1) is 11.3 Å². The van der Waals surface area contributed by atoms with Crippen LogP contribution < -0.4 is 0 Å². The van der Waals surface area contributed by atoms with Gasteiger partial charge in [0.2, 0.25) is 0 Å². The zero-order chi connectivity index (χ0) is 15.5. The summed E-state index contributed by atoms with van der Waals surface area (Å²) in [5, 5.41) is 11.1. The molecule has 6 heteroatoms. The number of hydrogen-bond acceptors (Lipinski definition) is 4. The topological polar surface area (TPSA) is 48.5 Å². The fraction of sp³-hybridized carbons (Fsp3) is 0.438.